The SMILES string of the molecule is Cc1c(C=C2SC(=S)N(Cc3ccccc3)C2=O)c(N2CC(C)CC(C)C2)n(C)c(=O)c1C#N. The number of thioether (sulfide) groups is 1. The van der Waals surface area contributed by atoms with E-state index in [9.17, 15) is 14.9 Å². The van der Waals surface area contributed by atoms with Gasteiger partial charge in [-0.1, -0.05) is 68.2 Å². The lowest BCUT2D eigenvalue weighted by Crippen LogP contribution is -2.42. The molecule has 2 aliphatic heterocycles. The first kappa shape index (κ1) is 24.2. The van der Waals surface area contributed by atoms with Crippen molar-refractivity contribution in [2.75, 3.05) is 18.0 Å². The second-order valence-corrected chi connectivity index (χ2v) is 11.0. The van der Waals surface area contributed by atoms with Gasteiger partial charge in [0, 0.05) is 25.7 Å². The van der Waals surface area contributed by atoms with Crippen LogP contribution in [0.1, 0.15) is 42.5 Å². The standard InChI is InChI=1S/C26H28N4O2S2/c1-16-10-17(2)14-29(13-16)23-20(18(3)21(12-27)24(31)28(23)4)11-22-25(32)30(26(33)34-22)15-19-8-6-5-7-9-19/h5-9,11,16-17H,10,13-15H2,1-4H3. The Morgan fingerprint density at radius 3 is 2.44 bits per heavy atom. The molecule has 2 aliphatic rings. The lowest BCUT2D eigenvalue weighted by Gasteiger charge is -2.38. The fraction of sp³-hybridized carbons (Fsp3) is 0.385. The summed E-state index contributed by atoms with van der Waals surface area (Å²) in [6.07, 6.45) is 2.95. The van der Waals surface area contributed by atoms with Crippen LogP contribution in [-0.2, 0) is 18.4 Å². The fourth-order valence-corrected chi connectivity index (χ4v) is 6.20. The molecular formula is C26H28N4O2S2. The molecule has 34 heavy (non-hydrogen) atoms. The van der Waals surface area contributed by atoms with Crippen LogP contribution in [0, 0.1) is 30.1 Å². The number of anilines is 1. The summed E-state index contributed by atoms with van der Waals surface area (Å²) < 4.78 is 2.07. The summed E-state index contributed by atoms with van der Waals surface area (Å²) >= 11 is 6.80. The molecule has 0 bridgehead atoms. The molecule has 0 N–H and O–H groups in total. The van der Waals surface area contributed by atoms with Crippen LogP contribution >= 0.6 is 24.0 Å². The predicted octanol–water partition coefficient (Wildman–Crippen LogP) is 4.45. The number of carbonyl (C=O) groups is 1. The zero-order valence-electron chi connectivity index (χ0n) is 19.9. The Balaban J connectivity index is 1.80. The van der Waals surface area contributed by atoms with Crippen molar-refractivity contribution in [2.24, 2.45) is 18.9 Å². The van der Waals surface area contributed by atoms with E-state index < -0.39 is 0 Å². The van der Waals surface area contributed by atoms with Crippen LogP contribution in [0.3, 0.4) is 0 Å². The number of pyridine rings is 1. The van der Waals surface area contributed by atoms with E-state index in [4.69, 9.17) is 12.2 Å². The first-order valence-corrected chi connectivity index (χ1v) is 12.6. The second-order valence-electron chi connectivity index (χ2n) is 9.32. The molecule has 1 aromatic carbocycles. The lowest BCUT2D eigenvalue weighted by molar-refractivity contribution is -0.122. The highest BCUT2D eigenvalue weighted by Gasteiger charge is 2.34. The zero-order chi connectivity index (χ0) is 24.6. The lowest BCUT2D eigenvalue weighted by atomic mass is 9.91. The summed E-state index contributed by atoms with van der Waals surface area (Å²) in [5.74, 6) is 1.56. The van der Waals surface area contributed by atoms with Gasteiger partial charge >= 0.3 is 0 Å². The Hall–Kier alpha value is -2.89. The number of hydrogen-bond acceptors (Lipinski definition) is 6. The highest BCUT2D eigenvalue weighted by atomic mass is 32.2. The smallest absolute Gasteiger partial charge is 0.270 e. The van der Waals surface area contributed by atoms with Crippen LogP contribution in [0.5, 0.6) is 0 Å². The van der Waals surface area contributed by atoms with Crippen LogP contribution in [-0.4, -0.2) is 32.8 Å². The average molecular weight is 493 g/mol. The topological polar surface area (TPSA) is 69.3 Å². The van der Waals surface area contributed by atoms with Gasteiger partial charge in [0.2, 0.25) is 0 Å². The van der Waals surface area contributed by atoms with Gasteiger partial charge in [0.1, 0.15) is 21.8 Å². The molecule has 0 aliphatic carbocycles. The van der Waals surface area contributed by atoms with Crippen molar-refractivity contribution in [3.8, 4) is 6.07 Å². The van der Waals surface area contributed by atoms with E-state index >= 15 is 0 Å². The van der Waals surface area contributed by atoms with Crippen LogP contribution < -0.4 is 10.5 Å². The largest absolute Gasteiger partial charge is 0.357 e. The minimum absolute atomic E-state index is 0.107. The molecule has 1 amide bonds. The molecular weight excluding hydrogens is 464 g/mol. The average Bonchev–Trinajstić information content (AvgIpc) is 3.05. The van der Waals surface area contributed by atoms with Crippen molar-refractivity contribution in [1.29, 1.82) is 5.26 Å². The van der Waals surface area contributed by atoms with Crippen molar-refractivity contribution in [1.82, 2.24) is 9.47 Å². The van der Waals surface area contributed by atoms with E-state index in [1.807, 2.05) is 36.4 Å². The number of thiocarbonyl (C=S) groups is 1. The Kier molecular flexibility index (Phi) is 6.96. The number of amides is 1. The molecule has 8 heteroatoms. The predicted molar refractivity (Wildman–Crippen MR) is 141 cm³/mol. The van der Waals surface area contributed by atoms with Crippen molar-refractivity contribution in [3.05, 3.63) is 67.8 Å². The molecule has 0 saturated carbocycles. The van der Waals surface area contributed by atoms with E-state index in [-0.39, 0.29) is 17.0 Å². The van der Waals surface area contributed by atoms with Gasteiger partial charge in [-0.05, 0) is 42.4 Å². The third kappa shape index (κ3) is 4.55. The molecule has 0 radical (unpaired) electrons. The summed E-state index contributed by atoms with van der Waals surface area (Å²) in [5, 5.41) is 9.70. The number of nitriles is 1. The van der Waals surface area contributed by atoms with E-state index in [0.29, 0.717) is 33.2 Å². The molecule has 176 valence electrons. The first-order valence-electron chi connectivity index (χ1n) is 11.4. The zero-order valence-corrected chi connectivity index (χ0v) is 21.5. The number of hydrogen-bond donors (Lipinski definition) is 0. The third-order valence-electron chi connectivity index (χ3n) is 6.47. The van der Waals surface area contributed by atoms with Gasteiger partial charge in [-0.25, -0.2) is 0 Å². The normalized spacial score (nSPS) is 21.9. The van der Waals surface area contributed by atoms with Gasteiger partial charge in [0.05, 0.1) is 11.4 Å². The minimum atomic E-state index is -0.311. The van der Waals surface area contributed by atoms with Crippen LogP contribution in [0.2, 0.25) is 0 Å². The maximum atomic E-state index is 13.3. The van der Waals surface area contributed by atoms with Gasteiger partial charge in [-0.2, -0.15) is 5.26 Å². The Morgan fingerprint density at radius 2 is 1.82 bits per heavy atom. The van der Waals surface area contributed by atoms with E-state index in [2.05, 4.69) is 24.8 Å². The van der Waals surface area contributed by atoms with E-state index in [1.54, 1.807) is 23.4 Å². The first-order chi connectivity index (χ1) is 16.2. The quantitative estimate of drug-likeness (QED) is 0.464. The van der Waals surface area contributed by atoms with Crippen molar-refractivity contribution in [3.63, 3.8) is 0 Å². The maximum absolute atomic E-state index is 13.3. The van der Waals surface area contributed by atoms with Crippen molar-refractivity contribution in [2.45, 2.75) is 33.7 Å². The summed E-state index contributed by atoms with van der Waals surface area (Å²) in [4.78, 5) is 30.7. The Labute approximate surface area is 209 Å². The van der Waals surface area contributed by atoms with E-state index in [0.717, 1.165) is 36.5 Å². The van der Waals surface area contributed by atoms with Crippen LogP contribution in [0.25, 0.3) is 6.08 Å². The molecule has 4 rings (SSSR count). The summed E-state index contributed by atoms with van der Waals surface area (Å²) in [7, 11) is 1.71. The molecule has 2 saturated heterocycles. The summed E-state index contributed by atoms with van der Waals surface area (Å²) in [6, 6.07) is 11.8. The van der Waals surface area contributed by atoms with Gasteiger partial charge < -0.3 is 4.90 Å². The number of nitrogens with zero attached hydrogens (tertiary/aromatic N) is 4. The Bertz CT molecular complexity index is 1270. The molecule has 2 aromatic rings. The van der Waals surface area contributed by atoms with Gasteiger partial charge in [-0.3, -0.25) is 19.1 Å². The van der Waals surface area contributed by atoms with Crippen LogP contribution in [0.15, 0.2) is 40.0 Å². The van der Waals surface area contributed by atoms with Gasteiger partial charge in [0.15, 0.2) is 0 Å². The monoisotopic (exact) mass is 492 g/mol. The summed E-state index contributed by atoms with van der Waals surface area (Å²) in [5.41, 5.74) is 2.13. The van der Waals surface area contributed by atoms with Gasteiger partial charge in [0.25, 0.3) is 11.5 Å². The number of piperidine rings is 1. The second kappa shape index (κ2) is 9.77. The fourth-order valence-electron chi connectivity index (χ4n) is 4.96. The summed E-state index contributed by atoms with van der Waals surface area (Å²) in [6.45, 7) is 8.26. The Morgan fingerprint density at radius 1 is 1.18 bits per heavy atom. The third-order valence-corrected chi connectivity index (χ3v) is 7.85. The number of carbonyl (C=O) groups excluding carboxylic acids is 1. The van der Waals surface area contributed by atoms with Crippen LogP contribution in [0.4, 0.5) is 5.82 Å². The molecule has 2 fully saturated rings. The molecule has 2 unspecified atom stereocenters. The molecule has 6 nitrogen and oxygen atoms in total. The number of benzene rings is 1. The van der Waals surface area contributed by atoms with Gasteiger partial charge in [-0.15, -0.1) is 0 Å². The van der Waals surface area contributed by atoms with E-state index in [1.165, 1.54) is 11.8 Å². The highest BCUT2D eigenvalue weighted by molar-refractivity contribution is 8.26. The number of aromatic nitrogens is 1. The molecule has 0 spiro atoms. The number of rotatable bonds is 4. The highest BCUT2D eigenvalue weighted by Crippen LogP contribution is 2.37. The molecule has 3 heterocycles. The molecule has 2 atom stereocenters. The van der Waals surface area contributed by atoms with Crippen molar-refractivity contribution >= 4 is 46.1 Å². The minimum Gasteiger partial charge on any atom is -0.357 e. The molecule has 1 aromatic heterocycles. The maximum Gasteiger partial charge on any atom is 0.270 e. The van der Waals surface area contributed by atoms with Crippen molar-refractivity contribution < 1.29 is 4.79 Å².